The van der Waals surface area contributed by atoms with Crippen molar-refractivity contribution < 1.29 is 13.6 Å². The molecule has 0 aromatic heterocycles. The first kappa shape index (κ1) is 15.0. The van der Waals surface area contributed by atoms with Crippen molar-refractivity contribution in [2.75, 3.05) is 13.2 Å². The fourth-order valence-electron chi connectivity index (χ4n) is 2.06. The monoisotopic (exact) mass is 290 g/mol. The van der Waals surface area contributed by atoms with Crippen molar-refractivity contribution in [1.82, 2.24) is 0 Å². The summed E-state index contributed by atoms with van der Waals surface area (Å²) in [5.41, 5.74) is 0.786. The lowest BCUT2D eigenvalue weighted by atomic mass is 10.1. The van der Waals surface area contributed by atoms with Crippen molar-refractivity contribution in [2.24, 2.45) is 0 Å². The first-order chi connectivity index (χ1) is 9.60. The smallest absolute Gasteiger partial charge is 0.305 e. The van der Waals surface area contributed by atoms with Crippen LogP contribution in [0.2, 0.25) is 0 Å². The van der Waals surface area contributed by atoms with E-state index >= 15 is 0 Å². The highest BCUT2D eigenvalue weighted by atomic mass is 31.2. The summed E-state index contributed by atoms with van der Waals surface area (Å²) in [5.74, 6) is 0. The molecular weight excluding hydrogens is 271 g/mol. The minimum Gasteiger partial charge on any atom is -0.305 e. The van der Waals surface area contributed by atoms with Gasteiger partial charge >= 0.3 is 7.60 Å². The molecule has 0 fully saturated rings. The van der Waals surface area contributed by atoms with Gasteiger partial charge in [-0.05, 0) is 36.2 Å². The van der Waals surface area contributed by atoms with Crippen molar-refractivity contribution in [3.05, 3.63) is 54.6 Å². The second-order valence-corrected chi connectivity index (χ2v) is 6.39. The fraction of sp³-hybridized carbons (Fsp3) is 0.250. The van der Waals surface area contributed by atoms with Gasteiger partial charge in [0.2, 0.25) is 0 Å². The van der Waals surface area contributed by atoms with Gasteiger partial charge in [0.15, 0.2) is 0 Å². The van der Waals surface area contributed by atoms with E-state index < -0.39 is 7.60 Å². The third-order valence-electron chi connectivity index (χ3n) is 3.01. The van der Waals surface area contributed by atoms with Crippen molar-refractivity contribution in [1.29, 1.82) is 0 Å². The Kier molecular flexibility index (Phi) is 4.77. The van der Waals surface area contributed by atoms with E-state index in [1.54, 1.807) is 13.8 Å². The van der Waals surface area contributed by atoms with Crippen LogP contribution in [-0.4, -0.2) is 13.2 Å². The van der Waals surface area contributed by atoms with Gasteiger partial charge in [-0.2, -0.15) is 0 Å². The second kappa shape index (κ2) is 6.36. The molecule has 0 bridgehead atoms. The van der Waals surface area contributed by atoms with Crippen LogP contribution in [0.25, 0.3) is 16.1 Å². The van der Waals surface area contributed by atoms with Crippen molar-refractivity contribution in [3.63, 3.8) is 0 Å². The number of hydrogen-bond donors (Lipinski definition) is 0. The van der Waals surface area contributed by atoms with E-state index in [1.165, 1.54) is 0 Å². The molecule has 0 aliphatic heterocycles. The largest absolute Gasteiger partial charge is 0.361 e. The molecule has 4 heteroatoms. The number of hydrogen-bond acceptors (Lipinski definition) is 3. The summed E-state index contributed by atoms with van der Waals surface area (Å²) in [5, 5.41) is 2.62. The van der Waals surface area contributed by atoms with E-state index in [0.29, 0.717) is 18.5 Å². The third kappa shape index (κ3) is 3.01. The highest BCUT2D eigenvalue weighted by Crippen LogP contribution is 2.59. The van der Waals surface area contributed by atoms with Crippen LogP contribution < -0.4 is 0 Å². The molecule has 0 unspecified atom stereocenters. The van der Waals surface area contributed by atoms with E-state index in [9.17, 15) is 4.57 Å². The normalized spacial score (nSPS) is 11.7. The van der Waals surface area contributed by atoms with E-state index in [2.05, 4.69) is 6.58 Å². The number of benzene rings is 2. The fourth-order valence-corrected chi connectivity index (χ4v) is 3.58. The van der Waals surface area contributed by atoms with Crippen LogP contribution in [0.1, 0.15) is 19.4 Å². The molecule has 0 amide bonds. The lowest BCUT2D eigenvalue weighted by molar-refractivity contribution is 0.230. The van der Waals surface area contributed by atoms with Gasteiger partial charge in [-0.25, -0.2) is 0 Å². The molecular formula is C16H19O3P. The van der Waals surface area contributed by atoms with Crippen molar-refractivity contribution in [3.8, 4) is 0 Å². The average Bonchev–Trinajstić information content (AvgIpc) is 2.46. The van der Waals surface area contributed by atoms with Gasteiger partial charge in [0, 0.05) is 0 Å². The predicted octanol–water partition coefficient (Wildman–Crippen LogP) is 5.08. The maximum absolute atomic E-state index is 12.7. The summed E-state index contributed by atoms with van der Waals surface area (Å²) in [6.07, 6.45) is 0. The van der Waals surface area contributed by atoms with E-state index in [-0.39, 0.29) is 0 Å². The minimum atomic E-state index is -3.30. The molecule has 2 aromatic carbocycles. The van der Waals surface area contributed by atoms with E-state index in [4.69, 9.17) is 9.05 Å². The van der Waals surface area contributed by atoms with E-state index in [1.807, 2.05) is 42.5 Å². The van der Waals surface area contributed by atoms with Gasteiger partial charge in [0.25, 0.3) is 0 Å². The Morgan fingerprint density at radius 2 is 1.65 bits per heavy atom. The Bertz CT molecular complexity index is 654. The molecule has 0 spiro atoms. The Hall–Kier alpha value is -1.41. The Balaban J connectivity index is 2.41. The SMILES string of the molecule is C=C(c1ccc2ccccc2c1)P(=O)(OCC)OCC. The molecule has 0 heterocycles. The average molecular weight is 290 g/mol. The molecule has 2 rings (SSSR count). The van der Waals surface area contributed by atoms with Crippen LogP contribution in [0.4, 0.5) is 0 Å². The molecule has 0 N–H and O–H groups in total. The van der Waals surface area contributed by atoms with Crippen LogP contribution in [0.3, 0.4) is 0 Å². The summed E-state index contributed by atoms with van der Waals surface area (Å²) in [6, 6.07) is 13.8. The molecule has 0 aliphatic carbocycles. The Labute approximate surface area is 119 Å². The highest BCUT2D eigenvalue weighted by molar-refractivity contribution is 7.65. The van der Waals surface area contributed by atoms with Crippen LogP contribution in [0.5, 0.6) is 0 Å². The van der Waals surface area contributed by atoms with Crippen LogP contribution in [-0.2, 0) is 13.6 Å². The summed E-state index contributed by atoms with van der Waals surface area (Å²) < 4.78 is 23.4. The summed E-state index contributed by atoms with van der Waals surface area (Å²) in [6.45, 7) is 8.16. The van der Waals surface area contributed by atoms with Gasteiger partial charge in [-0.3, -0.25) is 4.57 Å². The zero-order chi connectivity index (χ0) is 14.6. The molecule has 0 aliphatic rings. The molecule has 0 radical (unpaired) electrons. The molecule has 3 nitrogen and oxygen atoms in total. The van der Waals surface area contributed by atoms with Crippen molar-refractivity contribution >= 4 is 23.7 Å². The van der Waals surface area contributed by atoms with Gasteiger partial charge in [0.1, 0.15) is 0 Å². The van der Waals surface area contributed by atoms with Crippen LogP contribution in [0, 0.1) is 0 Å². The maximum Gasteiger partial charge on any atom is 0.361 e. The Morgan fingerprint density at radius 1 is 1.05 bits per heavy atom. The van der Waals surface area contributed by atoms with Gasteiger partial charge in [0.05, 0.1) is 18.5 Å². The first-order valence-corrected chi connectivity index (χ1v) is 8.22. The Morgan fingerprint density at radius 3 is 2.25 bits per heavy atom. The summed E-state index contributed by atoms with van der Waals surface area (Å²) in [4.78, 5) is 0. The third-order valence-corrected chi connectivity index (χ3v) is 5.13. The lowest BCUT2D eigenvalue weighted by Crippen LogP contribution is -1.98. The quantitative estimate of drug-likeness (QED) is 0.696. The van der Waals surface area contributed by atoms with Gasteiger partial charge in [-0.1, -0.05) is 43.0 Å². The predicted molar refractivity (Wildman–Crippen MR) is 83.8 cm³/mol. The molecule has 106 valence electrons. The van der Waals surface area contributed by atoms with Gasteiger partial charge in [-0.15, -0.1) is 0 Å². The highest BCUT2D eigenvalue weighted by Gasteiger charge is 2.29. The topological polar surface area (TPSA) is 35.5 Å². The minimum absolute atomic E-state index is 0.323. The number of fused-ring (bicyclic) bond motifs is 1. The molecule has 20 heavy (non-hydrogen) atoms. The summed E-state index contributed by atoms with van der Waals surface area (Å²) >= 11 is 0. The van der Waals surface area contributed by atoms with Crippen LogP contribution >= 0.6 is 7.60 Å². The zero-order valence-electron chi connectivity index (χ0n) is 11.8. The maximum atomic E-state index is 12.7. The van der Waals surface area contributed by atoms with Crippen LogP contribution in [0.15, 0.2) is 49.0 Å². The standard InChI is InChI=1S/C16H19O3P/c1-4-18-20(17,19-5-2)13(3)15-11-10-14-8-6-7-9-16(14)12-15/h6-12H,3-5H2,1-2H3. The first-order valence-electron chi connectivity index (χ1n) is 6.68. The molecule has 2 aromatic rings. The molecule has 0 atom stereocenters. The summed E-state index contributed by atoms with van der Waals surface area (Å²) in [7, 11) is -3.30. The second-order valence-electron chi connectivity index (χ2n) is 4.34. The lowest BCUT2D eigenvalue weighted by Gasteiger charge is -2.19. The number of rotatable bonds is 6. The molecule has 0 saturated carbocycles. The van der Waals surface area contributed by atoms with E-state index in [0.717, 1.165) is 16.3 Å². The molecule has 0 saturated heterocycles. The van der Waals surface area contributed by atoms with Crippen molar-refractivity contribution in [2.45, 2.75) is 13.8 Å². The zero-order valence-corrected chi connectivity index (χ0v) is 12.7. The van der Waals surface area contributed by atoms with Gasteiger partial charge < -0.3 is 9.05 Å².